The molecule has 0 aliphatic carbocycles. The molecule has 1 aliphatic rings. The summed E-state index contributed by atoms with van der Waals surface area (Å²) in [4.78, 5) is 14.7. The van der Waals surface area contributed by atoms with Crippen molar-refractivity contribution in [3.05, 3.63) is 50.8 Å². The summed E-state index contributed by atoms with van der Waals surface area (Å²) in [6, 6.07) is 8.17. The topological polar surface area (TPSA) is 59.0 Å². The van der Waals surface area contributed by atoms with E-state index in [9.17, 15) is 9.90 Å². The van der Waals surface area contributed by atoms with Crippen molar-refractivity contribution in [1.29, 1.82) is 0 Å². The number of anilines is 1. The zero-order valence-corrected chi connectivity index (χ0v) is 18.0. The Morgan fingerprint density at radius 1 is 1.21 bits per heavy atom. The SMILES string of the molecule is CCOc1cc(/C=C2\SC(=S)N(c3ccc(OC)c(Cl)c3)C2=O)cc(Cl)c1O. The summed E-state index contributed by atoms with van der Waals surface area (Å²) in [5, 5.41) is 10.5. The number of hydrogen-bond acceptors (Lipinski definition) is 6. The van der Waals surface area contributed by atoms with Crippen LogP contribution in [0, 0.1) is 0 Å². The summed E-state index contributed by atoms with van der Waals surface area (Å²) in [5.74, 6) is 0.340. The van der Waals surface area contributed by atoms with Crippen molar-refractivity contribution in [3.8, 4) is 17.2 Å². The Bertz CT molecular complexity index is 994. The lowest BCUT2D eigenvalue weighted by atomic mass is 10.1. The quantitative estimate of drug-likeness (QED) is 0.473. The molecule has 0 atom stereocenters. The number of ether oxygens (including phenoxy) is 2. The molecule has 2 aromatic carbocycles. The molecule has 0 bridgehead atoms. The molecule has 0 spiro atoms. The molecule has 1 saturated heterocycles. The van der Waals surface area contributed by atoms with Crippen LogP contribution in [0.4, 0.5) is 5.69 Å². The highest BCUT2D eigenvalue weighted by molar-refractivity contribution is 8.27. The van der Waals surface area contributed by atoms with E-state index in [-0.39, 0.29) is 22.4 Å². The first-order valence-electron chi connectivity index (χ1n) is 8.12. The second kappa shape index (κ2) is 8.61. The summed E-state index contributed by atoms with van der Waals surface area (Å²) < 4.78 is 10.9. The number of hydrogen-bond donors (Lipinski definition) is 1. The number of carbonyl (C=O) groups is 1. The third-order valence-electron chi connectivity index (χ3n) is 3.84. The number of rotatable bonds is 5. The lowest BCUT2D eigenvalue weighted by Crippen LogP contribution is -2.27. The average molecular weight is 456 g/mol. The van der Waals surface area contributed by atoms with Crippen LogP contribution in [0.5, 0.6) is 17.2 Å². The summed E-state index contributed by atoms with van der Waals surface area (Å²) >= 11 is 18.8. The number of amides is 1. The van der Waals surface area contributed by atoms with Crippen molar-refractivity contribution < 1.29 is 19.4 Å². The lowest BCUT2D eigenvalue weighted by Gasteiger charge is -2.15. The van der Waals surface area contributed by atoms with Gasteiger partial charge in [0.15, 0.2) is 15.8 Å². The molecule has 3 rings (SSSR count). The second-order valence-electron chi connectivity index (χ2n) is 5.62. The molecule has 0 unspecified atom stereocenters. The minimum absolute atomic E-state index is 0.134. The van der Waals surface area contributed by atoms with E-state index < -0.39 is 0 Å². The summed E-state index contributed by atoms with van der Waals surface area (Å²) in [6.45, 7) is 2.17. The molecule has 9 heteroatoms. The first kappa shape index (κ1) is 20.8. The standard InChI is InChI=1S/C19H15Cl2NO4S2/c1-3-26-15-7-10(6-13(21)17(15)23)8-16-18(24)22(19(27)28-16)11-4-5-14(25-2)12(20)9-11/h4-9,23H,3H2,1-2H3/b16-8-. The number of phenolic OH excluding ortho intramolecular Hbond substituents is 1. The van der Waals surface area contributed by atoms with E-state index in [1.165, 1.54) is 12.0 Å². The molecule has 0 aromatic heterocycles. The Balaban J connectivity index is 1.94. The number of halogens is 2. The fraction of sp³-hybridized carbons (Fsp3) is 0.158. The maximum atomic E-state index is 12.9. The van der Waals surface area contributed by atoms with Crippen molar-refractivity contribution in [2.75, 3.05) is 18.6 Å². The Hall–Kier alpha value is -1.93. The van der Waals surface area contributed by atoms with Gasteiger partial charge in [0.2, 0.25) is 0 Å². The number of aromatic hydroxyl groups is 1. The highest BCUT2D eigenvalue weighted by atomic mass is 35.5. The molecule has 1 aliphatic heterocycles. The molecule has 1 fully saturated rings. The highest BCUT2D eigenvalue weighted by Gasteiger charge is 2.33. The van der Waals surface area contributed by atoms with Gasteiger partial charge in [-0.3, -0.25) is 9.69 Å². The maximum absolute atomic E-state index is 12.9. The van der Waals surface area contributed by atoms with E-state index in [1.54, 1.807) is 43.3 Å². The largest absolute Gasteiger partial charge is 0.503 e. The number of carbonyl (C=O) groups excluding carboxylic acids is 1. The molecule has 5 nitrogen and oxygen atoms in total. The zero-order valence-electron chi connectivity index (χ0n) is 14.9. The average Bonchev–Trinajstić information content (AvgIpc) is 2.92. The number of thioether (sulfide) groups is 1. The van der Waals surface area contributed by atoms with Gasteiger partial charge < -0.3 is 14.6 Å². The van der Waals surface area contributed by atoms with E-state index in [1.807, 2.05) is 0 Å². The van der Waals surface area contributed by atoms with Crippen molar-refractivity contribution in [3.63, 3.8) is 0 Å². The molecule has 1 N–H and O–H groups in total. The van der Waals surface area contributed by atoms with Crippen LogP contribution in [0.25, 0.3) is 6.08 Å². The maximum Gasteiger partial charge on any atom is 0.270 e. The number of nitrogens with zero attached hydrogens (tertiary/aromatic N) is 1. The van der Waals surface area contributed by atoms with E-state index in [0.29, 0.717) is 37.9 Å². The number of methoxy groups -OCH3 is 1. The van der Waals surface area contributed by atoms with Gasteiger partial charge in [0.05, 0.1) is 34.4 Å². The van der Waals surface area contributed by atoms with Gasteiger partial charge in [-0.1, -0.05) is 47.2 Å². The predicted molar refractivity (Wildman–Crippen MR) is 118 cm³/mol. The molecule has 2 aromatic rings. The van der Waals surface area contributed by atoms with Crippen LogP contribution >= 0.6 is 47.2 Å². The van der Waals surface area contributed by atoms with Crippen LogP contribution in [0.1, 0.15) is 12.5 Å². The monoisotopic (exact) mass is 455 g/mol. The van der Waals surface area contributed by atoms with Crippen LogP contribution < -0.4 is 14.4 Å². The van der Waals surface area contributed by atoms with E-state index in [2.05, 4.69) is 0 Å². The molecule has 1 amide bonds. The molecule has 146 valence electrons. The van der Waals surface area contributed by atoms with Crippen molar-refractivity contribution in [1.82, 2.24) is 0 Å². The van der Waals surface area contributed by atoms with Gasteiger partial charge >= 0.3 is 0 Å². The molecule has 0 radical (unpaired) electrons. The van der Waals surface area contributed by atoms with Crippen LogP contribution in [0.2, 0.25) is 10.0 Å². The van der Waals surface area contributed by atoms with Crippen LogP contribution in [0.3, 0.4) is 0 Å². The molecular formula is C19H15Cl2NO4S2. The summed E-state index contributed by atoms with van der Waals surface area (Å²) in [7, 11) is 1.52. The Morgan fingerprint density at radius 3 is 2.61 bits per heavy atom. The smallest absolute Gasteiger partial charge is 0.270 e. The molecule has 0 saturated carbocycles. The number of thiocarbonyl (C=S) groups is 1. The fourth-order valence-electron chi connectivity index (χ4n) is 2.58. The van der Waals surface area contributed by atoms with E-state index >= 15 is 0 Å². The summed E-state index contributed by atoms with van der Waals surface area (Å²) in [6.07, 6.45) is 1.65. The Morgan fingerprint density at radius 2 is 1.96 bits per heavy atom. The minimum Gasteiger partial charge on any atom is -0.503 e. The third-order valence-corrected chi connectivity index (χ3v) is 5.72. The fourth-order valence-corrected chi connectivity index (χ4v) is 4.35. The Kier molecular flexibility index (Phi) is 6.40. The molecule has 28 heavy (non-hydrogen) atoms. The van der Waals surface area contributed by atoms with Crippen LogP contribution in [-0.4, -0.2) is 29.1 Å². The van der Waals surface area contributed by atoms with Crippen molar-refractivity contribution >= 4 is 69.2 Å². The predicted octanol–water partition coefficient (Wildman–Crippen LogP) is 5.51. The van der Waals surface area contributed by atoms with Gasteiger partial charge in [-0.2, -0.15) is 0 Å². The van der Waals surface area contributed by atoms with Gasteiger partial charge in [-0.15, -0.1) is 0 Å². The van der Waals surface area contributed by atoms with Crippen molar-refractivity contribution in [2.24, 2.45) is 0 Å². The van der Waals surface area contributed by atoms with Gasteiger partial charge in [0.25, 0.3) is 5.91 Å². The van der Waals surface area contributed by atoms with Crippen molar-refractivity contribution in [2.45, 2.75) is 6.92 Å². The van der Waals surface area contributed by atoms with Gasteiger partial charge in [0, 0.05) is 0 Å². The van der Waals surface area contributed by atoms with Crippen LogP contribution in [0.15, 0.2) is 35.2 Å². The van der Waals surface area contributed by atoms with Gasteiger partial charge in [-0.25, -0.2) is 0 Å². The second-order valence-corrected chi connectivity index (χ2v) is 8.11. The number of benzene rings is 2. The number of phenols is 1. The Labute approximate surface area is 181 Å². The van der Waals surface area contributed by atoms with Gasteiger partial charge in [-0.05, 0) is 48.9 Å². The normalized spacial score (nSPS) is 15.4. The summed E-state index contributed by atoms with van der Waals surface area (Å²) in [5.41, 5.74) is 1.16. The molecular weight excluding hydrogens is 441 g/mol. The zero-order chi connectivity index (χ0) is 20.4. The first-order valence-corrected chi connectivity index (χ1v) is 10.1. The minimum atomic E-state index is -0.279. The van der Waals surface area contributed by atoms with E-state index in [4.69, 9.17) is 44.9 Å². The van der Waals surface area contributed by atoms with Crippen LogP contribution in [-0.2, 0) is 4.79 Å². The third kappa shape index (κ3) is 4.07. The van der Waals surface area contributed by atoms with Gasteiger partial charge in [0.1, 0.15) is 5.75 Å². The molecule has 1 heterocycles. The van der Waals surface area contributed by atoms with E-state index in [0.717, 1.165) is 11.8 Å². The first-order chi connectivity index (χ1) is 13.3. The highest BCUT2D eigenvalue weighted by Crippen LogP contribution is 2.40. The lowest BCUT2D eigenvalue weighted by molar-refractivity contribution is -0.113.